The Morgan fingerprint density at radius 3 is 1.73 bits per heavy atom. The van der Waals surface area contributed by atoms with E-state index in [1.54, 1.807) is 33.5 Å². The maximum atomic E-state index is 13.1. The van der Waals surface area contributed by atoms with Gasteiger partial charge < -0.3 is 28.8 Å². The van der Waals surface area contributed by atoms with Gasteiger partial charge in [0.15, 0.2) is 11.5 Å². The Kier molecular flexibility index (Phi) is 11.9. The highest BCUT2D eigenvalue weighted by molar-refractivity contribution is 7.49. The van der Waals surface area contributed by atoms with Crippen LogP contribution in [0.4, 0.5) is 0 Å². The van der Waals surface area contributed by atoms with E-state index in [9.17, 15) is 5.11 Å². The molecule has 0 spiro atoms. The average molecular weight is 476 g/mol. The van der Waals surface area contributed by atoms with Crippen LogP contribution in [-0.2, 0) is 0 Å². The van der Waals surface area contributed by atoms with Crippen molar-refractivity contribution in [2.24, 2.45) is 0 Å². The fourth-order valence-electron chi connectivity index (χ4n) is 3.35. The molecule has 0 saturated heterocycles. The molecule has 0 radical (unpaired) electrons. The average Bonchev–Trinajstić information content (AvgIpc) is 2.85. The van der Waals surface area contributed by atoms with Crippen molar-refractivity contribution in [3.63, 3.8) is 0 Å². The normalized spacial score (nSPS) is 11.3. The molecule has 0 aliphatic heterocycles. The summed E-state index contributed by atoms with van der Waals surface area (Å²) in [6.07, 6.45) is 6.08. The standard InChI is InChI=1S/C26H37O6P/c1-6-8-13-17-31-22-20(28-3)23(30-5)25(33-26(27)19-15-11-10-12-16-19)24(21(22)29-4)32-18-14-9-7-2/h10-12,15-16,27H,6-9,13-14,17-18H2,1-5H3/p-1. The molecule has 0 saturated carbocycles. The van der Waals surface area contributed by atoms with Gasteiger partial charge in [0.05, 0.1) is 39.8 Å². The minimum Gasteiger partial charge on any atom is -0.823 e. The lowest BCUT2D eigenvalue weighted by molar-refractivity contribution is -0.207. The van der Waals surface area contributed by atoms with Gasteiger partial charge in [0.25, 0.3) is 0 Å². The molecule has 0 atom stereocenters. The molecule has 0 amide bonds. The van der Waals surface area contributed by atoms with E-state index < -0.39 is 0 Å². The highest BCUT2D eigenvalue weighted by Gasteiger charge is 2.28. The number of hydrogen-bond donors (Lipinski definition) is 0. The lowest BCUT2D eigenvalue weighted by Crippen LogP contribution is -2.20. The molecule has 6 nitrogen and oxygen atoms in total. The van der Waals surface area contributed by atoms with Crippen molar-refractivity contribution in [1.29, 1.82) is 0 Å². The van der Waals surface area contributed by atoms with Crippen molar-refractivity contribution >= 4 is 19.0 Å². The molecule has 33 heavy (non-hydrogen) atoms. The van der Waals surface area contributed by atoms with Crippen molar-refractivity contribution in [3.05, 3.63) is 35.9 Å². The van der Waals surface area contributed by atoms with Gasteiger partial charge in [-0.1, -0.05) is 78.1 Å². The van der Waals surface area contributed by atoms with Gasteiger partial charge in [-0.25, -0.2) is 0 Å². The van der Waals surface area contributed by atoms with Crippen molar-refractivity contribution in [1.82, 2.24) is 0 Å². The maximum Gasteiger partial charge on any atom is 0.211 e. The molecule has 0 aliphatic rings. The highest BCUT2D eigenvalue weighted by Crippen LogP contribution is 2.50. The minimum absolute atomic E-state index is 0.0759. The summed E-state index contributed by atoms with van der Waals surface area (Å²) >= 11 is 0. The molecular weight excluding hydrogens is 439 g/mol. The first-order chi connectivity index (χ1) is 16.1. The molecule has 0 aromatic heterocycles. The fourth-order valence-corrected chi connectivity index (χ4v) is 4.40. The van der Waals surface area contributed by atoms with Crippen molar-refractivity contribution in [2.75, 3.05) is 34.5 Å². The molecule has 2 aromatic carbocycles. The van der Waals surface area contributed by atoms with Crippen LogP contribution in [0.25, 0.3) is 0 Å². The van der Waals surface area contributed by atoms with Crippen LogP contribution in [0.3, 0.4) is 0 Å². The Balaban J connectivity index is 2.65. The Bertz CT molecular complexity index is 882. The minimum atomic E-state index is -0.0759. The van der Waals surface area contributed by atoms with E-state index in [0.29, 0.717) is 61.0 Å². The predicted molar refractivity (Wildman–Crippen MR) is 133 cm³/mol. The van der Waals surface area contributed by atoms with Crippen LogP contribution < -0.4 is 34.1 Å². The molecule has 0 bridgehead atoms. The van der Waals surface area contributed by atoms with E-state index in [0.717, 1.165) is 38.5 Å². The smallest absolute Gasteiger partial charge is 0.211 e. The zero-order valence-electron chi connectivity index (χ0n) is 20.4. The van der Waals surface area contributed by atoms with Gasteiger partial charge in [-0.3, -0.25) is 0 Å². The van der Waals surface area contributed by atoms with Crippen LogP contribution in [0.2, 0.25) is 0 Å². The molecular formula is C26H36O6P-. The maximum absolute atomic E-state index is 13.1. The Hall–Kier alpha value is -2.43. The van der Waals surface area contributed by atoms with Crippen LogP contribution in [0.5, 0.6) is 28.7 Å². The summed E-state index contributed by atoms with van der Waals surface area (Å²) in [5.74, 6) is 2.13. The molecule has 2 aromatic rings. The quantitative estimate of drug-likeness (QED) is 0.268. The van der Waals surface area contributed by atoms with Gasteiger partial charge in [-0.05, 0) is 18.4 Å². The summed E-state index contributed by atoms with van der Waals surface area (Å²) in [6.45, 7) is 5.29. The first-order valence-corrected chi connectivity index (χ1v) is 12.4. The first-order valence-electron chi connectivity index (χ1n) is 11.5. The first kappa shape index (κ1) is 26.8. The third-order valence-corrected chi connectivity index (χ3v) is 6.18. The van der Waals surface area contributed by atoms with Gasteiger partial charge >= 0.3 is 0 Å². The van der Waals surface area contributed by atoms with Gasteiger partial charge in [-0.2, -0.15) is 0 Å². The summed E-state index contributed by atoms with van der Waals surface area (Å²) in [4.78, 5) is 0. The van der Waals surface area contributed by atoms with Crippen molar-refractivity contribution < 1.29 is 28.8 Å². The van der Waals surface area contributed by atoms with Crippen molar-refractivity contribution in [2.45, 2.75) is 52.4 Å². The largest absolute Gasteiger partial charge is 0.823 e. The number of benzene rings is 2. The van der Waals surface area contributed by atoms with Crippen LogP contribution >= 0.6 is 8.20 Å². The predicted octanol–water partition coefficient (Wildman–Crippen LogP) is 4.96. The second-order valence-corrected chi connectivity index (χ2v) is 8.58. The lowest BCUT2D eigenvalue weighted by Gasteiger charge is -2.23. The van der Waals surface area contributed by atoms with Gasteiger partial charge in [0.2, 0.25) is 17.2 Å². The molecule has 0 N–H and O–H groups in total. The van der Waals surface area contributed by atoms with Crippen molar-refractivity contribution in [3.8, 4) is 28.7 Å². The lowest BCUT2D eigenvalue weighted by atomic mass is 10.2. The van der Waals surface area contributed by atoms with E-state index in [2.05, 4.69) is 13.8 Å². The summed E-state index contributed by atoms with van der Waals surface area (Å²) in [6, 6.07) is 9.16. The number of methoxy groups -OCH3 is 3. The van der Waals surface area contributed by atoms with E-state index in [1.165, 1.54) is 0 Å². The fraction of sp³-hybridized carbons (Fsp3) is 0.500. The second-order valence-electron chi connectivity index (χ2n) is 7.50. The monoisotopic (exact) mass is 475 g/mol. The summed E-state index contributed by atoms with van der Waals surface area (Å²) in [5.41, 5.74) is 0.531. The van der Waals surface area contributed by atoms with Crippen LogP contribution in [-0.4, -0.2) is 40.0 Å². The highest BCUT2D eigenvalue weighted by atomic mass is 31.1. The Labute approximate surface area is 199 Å². The third-order valence-electron chi connectivity index (χ3n) is 5.09. The summed E-state index contributed by atoms with van der Waals surface area (Å²) < 4.78 is 29.5. The molecule has 0 unspecified atom stereocenters. The van der Waals surface area contributed by atoms with Gasteiger partial charge in [-0.15, -0.1) is 5.48 Å². The van der Waals surface area contributed by atoms with Crippen LogP contribution in [0.1, 0.15) is 57.9 Å². The van der Waals surface area contributed by atoms with E-state index in [1.807, 2.05) is 18.2 Å². The number of rotatable bonds is 15. The number of ether oxygens (including phenoxy) is 5. The molecule has 7 heteroatoms. The third kappa shape index (κ3) is 7.28. The molecule has 0 aliphatic carbocycles. The summed E-state index contributed by atoms with van der Waals surface area (Å²) in [7, 11) is 5.07. The van der Waals surface area contributed by atoms with E-state index in [4.69, 9.17) is 23.7 Å². The SMILES string of the molecule is CCCCCOc1c(OC)c(OC)c(P=C([O-])c2ccccc2)c(OCCCCC)c1OC. The number of hydrogen-bond acceptors (Lipinski definition) is 6. The van der Waals surface area contributed by atoms with Crippen LogP contribution in [0, 0.1) is 0 Å². The Morgan fingerprint density at radius 2 is 1.21 bits per heavy atom. The zero-order valence-corrected chi connectivity index (χ0v) is 21.3. The molecule has 0 fully saturated rings. The summed E-state index contributed by atoms with van der Waals surface area (Å²) in [5, 5.41) is 13.7. The van der Waals surface area contributed by atoms with Crippen LogP contribution in [0.15, 0.2) is 30.3 Å². The zero-order chi connectivity index (χ0) is 24.1. The molecule has 0 heterocycles. The molecule has 2 rings (SSSR count). The van der Waals surface area contributed by atoms with Gasteiger partial charge in [0, 0.05) is 0 Å². The second kappa shape index (κ2) is 14.7. The van der Waals surface area contributed by atoms with E-state index >= 15 is 0 Å². The number of unbranched alkanes of at least 4 members (excludes halogenated alkanes) is 4. The van der Waals surface area contributed by atoms with Gasteiger partial charge in [0.1, 0.15) is 0 Å². The topological polar surface area (TPSA) is 69.2 Å². The molecule has 182 valence electrons. The van der Waals surface area contributed by atoms with E-state index in [-0.39, 0.29) is 5.48 Å². The Morgan fingerprint density at radius 1 is 0.697 bits per heavy atom.